The molecule has 458 valence electrons. The lowest BCUT2D eigenvalue weighted by molar-refractivity contribution is -0.265. The minimum absolute atomic E-state index is 0.0402. The summed E-state index contributed by atoms with van der Waals surface area (Å²) in [5.74, 6) is -7.76. The second kappa shape index (κ2) is 31.8. The largest absolute Gasteiger partial charge is 0.460 e. The van der Waals surface area contributed by atoms with E-state index in [0.717, 1.165) is 18.7 Å². The van der Waals surface area contributed by atoms with Crippen molar-refractivity contribution in [1.82, 2.24) is 14.7 Å². The molecule has 0 aromatic heterocycles. The topological polar surface area (TPSA) is 206 Å². The molecule has 15 atom stereocenters. The molecule has 0 radical (unpaired) electrons. The Balaban J connectivity index is 1.46. The maximum absolute atomic E-state index is 14.8. The lowest BCUT2D eigenvalue weighted by atomic mass is 9.78. The summed E-state index contributed by atoms with van der Waals surface area (Å²) >= 11 is 0. The highest BCUT2D eigenvalue weighted by molar-refractivity contribution is 6.69. The number of likely N-dealkylation sites (N-methyl/N-ethyl adjacent to an activating group) is 1. The first kappa shape index (κ1) is 67.9. The maximum atomic E-state index is 14.8. The summed E-state index contributed by atoms with van der Waals surface area (Å²) in [4.78, 5) is 91.3. The van der Waals surface area contributed by atoms with Crippen molar-refractivity contribution >= 4 is 43.6 Å². The van der Waals surface area contributed by atoms with Gasteiger partial charge in [0.15, 0.2) is 14.1 Å². The summed E-state index contributed by atoms with van der Waals surface area (Å²) in [5.41, 5.74) is 1.56. The molecule has 2 amide bonds. The van der Waals surface area contributed by atoms with E-state index in [1.165, 1.54) is 12.0 Å². The molecule has 0 spiro atoms. The van der Waals surface area contributed by atoms with Gasteiger partial charge in [0.05, 0.1) is 37.6 Å². The van der Waals surface area contributed by atoms with Crippen molar-refractivity contribution in [2.24, 2.45) is 35.5 Å². The molecule has 18 nitrogen and oxygen atoms in total. The van der Waals surface area contributed by atoms with Crippen molar-refractivity contribution in [3.05, 3.63) is 47.6 Å². The summed E-state index contributed by atoms with van der Waals surface area (Å²) in [5, 5.41) is 12.1. The van der Waals surface area contributed by atoms with Crippen molar-refractivity contribution < 1.29 is 71.5 Å². The zero-order chi connectivity index (χ0) is 59.8. The highest BCUT2D eigenvalue weighted by Crippen LogP contribution is 2.38. The monoisotopic (exact) mass is 1160 g/mol. The number of aliphatic hydroxyl groups is 1. The van der Waals surface area contributed by atoms with Crippen molar-refractivity contribution in [2.75, 3.05) is 74.3 Å². The van der Waals surface area contributed by atoms with Crippen molar-refractivity contribution in [2.45, 2.75) is 200 Å². The van der Waals surface area contributed by atoms with Crippen LogP contribution in [0, 0.1) is 35.5 Å². The van der Waals surface area contributed by atoms with Crippen molar-refractivity contribution in [3.63, 3.8) is 0 Å². The number of allylic oxidation sites excluding steroid dienone is 6. The fraction of sp³-hybridized carbons (Fsp3) is 0.774. The van der Waals surface area contributed by atoms with E-state index in [4.69, 9.17) is 37.6 Å². The number of piperidine rings is 1. The van der Waals surface area contributed by atoms with Crippen LogP contribution in [-0.4, -0.2) is 192 Å². The number of amides is 2. The molecule has 19 heteroatoms. The molecule has 1 aliphatic carbocycles. The van der Waals surface area contributed by atoms with Gasteiger partial charge in [-0.1, -0.05) is 71.1 Å². The van der Waals surface area contributed by atoms with Crippen LogP contribution in [0.3, 0.4) is 0 Å². The molecule has 1 saturated carbocycles. The molecule has 81 heavy (non-hydrogen) atoms. The minimum Gasteiger partial charge on any atom is -0.460 e. The van der Waals surface area contributed by atoms with Gasteiger partial charge in [-0.15, -0.1) is 0 Å². The van der Waals surface area contributed by atoms with E-state index in [9.17, 15) is 33.9 Å². The third kappa shape index (κ3) is 19.6. The van der Waals surface area contributed by atoms with Gasteiger partial charge in [0.1, 0.15) is 30.1 Å². The summed E-state index contributed by atoms with van der Waals surface area (Å²) in [7, 11) is 4.13. The average Bonchev–Trinajstić information content (AvgIpc) is 3.64. The van der Waals surface area contributed by atoms with Crippen LogP contribution in [-0.2, 0) is 61.6 Å². The average molecular weight is 1160 g/mol. The van der Waals surface area contributed by atoms with Gasteiger partial charge in [0.2, 0.25) is 5.79 Å². The number of carbonyl (C=O) groups is 6. The first-order valence-corrected chi connectivity index (χ1v) is 33.4. The van der Waals surface area contributed by atoms with E-state index in [1.807, 2.05) is 83.8 Å². The van der Waals surface area contributed by atoms with Gasteiger partial charge in [-0.05, 0) is 127 Å². The number of carbonyl (C=O) groups excluding carboxylic acids is 6. The van der Waals surface area contributed by atoms with Gasteiger partial charge < -0.3 is 52.5 Å². The number of hydrogen-bond acceptors (Lipinski definition) is 16. The van der Waals surface area contributed by atoms with Gasteiger partial charge in [-0.2, -0.15) is 0 Å². The predicted octanol–water partition coefficient (Wildman–Crippen LogP) is 8.45. The number of fused-ring (bicyclic) bond motifs is 3. The standard InChI is InChI=1S/C62H101N3O15Si/c1-40-20-16-15-17-21-41(2)52(73-9)38-48-25-23-46(7)62(72,79-48)58(68)59(69)65-27-19-18-22-49(65)60(70)77-53(39-50(66)42(3)35-45(6)56(80-81(12,13)14)57(75-11)55(67)44(5)34-40)43(4)36-47-24-26-51(54(37-47)74-10)78-61(71)63(8)28-29-64-30-32-76-33-31-64/h15-17,20-21,35,40,42-44,46-49,51-54,56-57,72H,18-19,22-34,36-39H2,1-14H3/b17-15+,20-16+,41-21+,45-35+/t40-,42-,43-,44-,46-,47+,48+,49+,51-,52+,53+,54-,56-,57+,62-/m1/s1. The molecule has 4 heterocycles. The zero-order valence-corrected chi connectivity index (χ0v) is 52.5. The Morgan fingerprint density at radius 3 is 2.22 bits per heavy atom. The number of nitrogens with zero attached hydrogens (tertiary/aromatic N) is 3. The highest BCUT2D eigenvalue weighted by atomic mass is 28.4. The normalized spacial score (nSPS) is 36.3. The second-order valence-electron chi connectivity index (χ2n) is 25.0. The summed E-state index contributed by atoms with van der Waals surface area (Å²) in [6, 6.07) is -1.16. The number of ketones is 3. The lowest BCUT2D eigenvalue weighted by Gasteiger charge is -2.42. The molecule has 4 fully saturated rings. The van der Waals surface area contributed by atoms with E-state index in [2.05, 4.69) is 11.8 Å². The number of Topliss-reactive ketones (excluding diaryl/α,β-unsaturated/α-hetero) is 3. The number of morpholine rings is 1. The molecule has 5 rings (SSSR count). The summed E-state index contributed by atoms with van der Waals surface area (Å²) < 4.78 is 48.8. The number of cyclic esters (lactones) is 1. The highest BCUT2D eigenvalue weighted by Gasteiger charge is 2.53. The lowest BCUT2D eigenvalue weighted by Crippen LogP contribution is -2.61. The van der Waals surface area contributed by atoms with E-state index in [1.54, 1.807) is 40.0 Å². The van der Waals surface area contributed by atoms with Crippen LogP contribution in [0.15, 0.2) is 47.6 Å². The van der Waals surface area contributed by atoms with E-state index < -0.39 is 98.5 Å². The van der Waals surface area contributed by atoms with Crippen LogP contribution in [0.5, 0.6) is 0 Å². The van der Waals surface area contributed by atoms with Crippen LogP contribution >= 0.6 is 0 Å². The summed E-state index contributed by atoms with van der Waals surface area (Å²) in [6.07, 6.45) is 11.9. The Kier molecular flexibility index (Phi) is 26.7. The smallest absolute Gasteiger partial charge is 0.409 e. The number of hydrogen-bond donors (Lipinski definition) is 1. The van der Waals surface area contributed by atoms with Crippen LogP contribution in [0.4, 0.5) is 4.79 Å². The SMILES string of the molecule is CO[C@H]1C[C@@H]2CC[C@@H](C)[C@@](O)(O2)C(=O)C(=O)N2CCCC[C@H]2C(=O)O[C@H]([C@H](C)C[C@@H]2CC[C@@H](OC(=O)N(C)CCN3CCOCC3)[C@H](OC)C2)CC(=O)[C@H](C)/C=C(\C)[C@@H](O[Si](C)(C)C)[C@@H](OC)C(=O)[C@H](C)C[C@H](C)/C=C/C=C/C=C/1C. The molecule has 4 aliphatic heterocycles. The van der Waals surface area contributed by atoms with Gasteiger partial charge in [0, 0.05) is 91.7 Å². The molecule has 5 aliphatic rings. The van der Waals surface area contributed by atoms with Crippen molar-refractivity contribution in [3.8, 4) is 0 Å². The Bertz CT molecular complexity index is 2220. The Morgan fingerprint density at radius 2 is 1.56 bits per heavy atom. The number of rotatable bonds is 12. The third-order valence-corrected chi connectivity index (χ3v) is 18.3. The zero-order valence-electron chi connectivity index (χ0n) is 51.5. The van der Waals surface area contributed by atoms with Gasteiger partial charge >= 0.3 is 12.1 Å². The predicted molar refractivity (Wildman–Crippen MR) is 312 cm³/mol. The number of methoxy groups -OCH3 is 3. The summed E-state index contributed by atoms with van der Waals surface area (Å²) in [6.45, 7) is 23.6. The fourth-order valence-corrected chi connectivity index (χ4v) is 13.3. The first-order chi connectivity index (χ1) is 38.3. The second-order valence-corrected chi connectivity index (χ2v) is 29.5. The van der Waals surface area contributed by atoms with Crippen LogP contribution in [0.1, 0.15) is 126 Å². The quantitative estimate of drug-likeness (QED) is 0.0842. The molecule has 0 aromatic carbocycles. The van der Waals surface area contributed by atoms with E-state index in [0.29, 0.717) is 96.1 Å². The fourth-order valence-electron chi connectivity index (χ4n) is 12.2. The van der Waals surface area contributed by atoms with E-state index >= 15 is 0 Å². The molecule has 0 aromatic rings. The van der Waals surface area contributed by atoms with Gasteiger partial charge in [-0.3, -0.25) is 24.1 Å². The Labute approximate surface area is 485 Å². The maximum Gasteiger partial charge on any atom is 0.409 e. The molecular formula is C62H101N3O15Si. The number of esters is 1. The van der Waals surface area contributed by atoms with Crippen LogP contribution in [0.25, 0.3) is 0 Å². The molecule has 3 saturated heterocycles. The minimum atomic E-state index is -2.45. The van der Waals surface area contributed by atoms with Gasteiger partial charge in [-0.25, -0.2) is 9.59 Å². The third-order valence-electron chi connectivity index (χ3n) is 17.3. The Hall–Kier alpha value is -3.92. The molecular weight excluding hydrogens is 1050 g/mol. The first-order valence-electron chi connectivity index (χ1n) is 30.0. The molecule has 1 N–H and O–H groups in total. The van der Waals surface area contributed by atoms with Gasteiger partial charge in [0.25, 0.3) is 11.7 Å². The molecule has 0 unspecified atom stereocenters. The molecule has 2 bridgehead atoms. The van der Waals surface area contributed by atoms with Crippen molar-refractivity contribution in [1.29, 1.82) is 0 Å². The Morgan fingerprint density at radius 1 is 0.840 bits per heavy atom. The van der Waals surface area contributed by atoms with Crippen LogP contribution in [0.2, 0.25) is 19.6 Å². The van der Waals surface area contributed by atoms with E-state index in [-0.39, 0.29) is 54.6 Å². The number of ether oxygens (including phenoxy) is 7. The van der Waals surface area contributed by atoms with Crippen LogP contribution < -0.4 is 0 Å².